The number of hydrogen-bond acceptors (Lipinski definition) is 4. The molecular formula is C24H28N2O4. The van der Waals surface area contributed by atoms with E-state index >= 15 is 0 Å². The number of rotatable bonds is 7. The Bertz CT molecular complexity index is 896. The maximum Gasteiger partial charge on any atom is 0.251 e. The molecule has 0 unspecified atom stereocenters. The van der Waals surface area contributed by atoms with Gasteiger partial charge in [-0.15, -0.1) is 0 Å². The van der Waals surface area contributed by atoms with Crippen molar-refractivity contribution in [3.05, 3.63) is 71.8 Å². The van der Waals surface area contributed by atoms with E-state index in [0.29, 0.717) is 12.0 Å². The van der Waals surface area contributed by atoms with E-state index in [9.17, 15) is 14.4 Å². The van der Waals surface area contributed by atoms with E-state index in [-0.39, 0.29) is 29.6 Å². The normalized spacial score (nSPS) is 19.9. The average molecular weight is 408 g/mol. The topological polar surface area (TPSA) is 84.5 Å². The maximum atomic E-state index is 13.1. The number of carbonyl (C=O) groups is 3. The third-order valence-electron chi connectivity index (χ3n) is 5.53. The fourth-order valence-corrected chi connectivity index (χ4v) is 3.67. The lowest BCUT2D eigenvalue weighted by atomic mass is 9.78. The molecule has 0 spiro atoms. The summed E-state index contributed by atoms with van der Waals surface area (Å²) in [6, 6.07) is 17.1. The van der Waals surface area contributed by atoms with Crippen LogP contribution in [0.2, 0.25) is 0 Å². The molecule has 0 saturated carbocycles. The molecule has 2 N–H and O–H groups in total. The first-order chi connectivity index (χ1) is 14.3. The highest BCUT2D eigenvalue weighted by Crippen LogP contribution is 2.28. The smallest absolute Gasteiger partial charge is 0.251 e. The van der Waals surface area contributed by atoms with Crippen LogP contribution in [0.1, 0.15) is 43.1 Å². The summed E-state index contributed by atoms with van der Waals surface area (Å²) in [5.41, 5.74) is 1.15. The van der Waals surface area contributed by atoms with Crippen LogP contribution in [0, 0.1) is 0 Å². The summed E-state index contributed by atoms with van der Waals surface area (Å²) in [6.07, 6.45) is -0.0218. The molecule has 2 aromatic rings. The van der Waals surface area contributed by atoms with Gasteiger partial charge in [-0.05, 0) is 36.5 Å². The number of ether oxygens (including phenoxy) is 1. The van der Waals surface area contributed by atoms with Gasteiger partial charge in [-0.1, -0.05) is 62.4 Å². The molecule has 6 heteroatoms. The number of hydrogen-bond donors (Lipinski definition) is 2. The third kappa shape index (κ3) is 5.13. The number of nitrogens with one attached hydrogen (secondary N) is 2. The van der Waals surface area contributed by atoms with Crippen LogP contribution in [0.25, 0.3) is 0 Å². The van der Waals surface area contributed by atoms with Crippen molar-refractivity contribution in [2.45, 2.75) is 50.8 Å². The van der Waals surface area contributed by atoms with Crippen LogP contribution >= 0.6 is 0 Å². The number of carbonyl (C=O) groups excluding carboxylic acids is 3. The van der Waals surface area contributed by atoms with Crippen LogP contribution in [0.5, 0.6) is 0 Å². The van der Waals surface area contributed by atoms with Crippen molar-refractivity contribution in [1.82, 2.24) is 10.6 Å². The van der Waals surface area contributed by atoms with Crippen LogP contribution in [0.3, 0.4) is 0 Å². The first kappa shape index (κ1) is 21.7. The van der Waals surface area contributed by atoms with E-state index < -0.39 is 18.2 Å². The molecule has 0 aromatic heterocycles. The lowest BCUT2D eigenvalue weighted by Gasteiger charge is -2.31. The van der Waals surface area contributed by atoms with Crippen LogP contribution in [-0.4, -0.2) is 42.4 Å². The molecular weight excluding hydrogens is 380 g/mol. The highest BCUT2D eigenvalue weighted by atomic mass is 16.5. The van der Waals surface area contributed by atoms with Gasteiger partial charge in [0.2, 0.25) is 5.91 Å². The molecule has 2 aromatic carbocycles. The maximum absolute atomic E-state index is 13.1. The fourth-order valence-electron chi connectivity index (χ4n) is 3.67. The first-order valence-corrected chi connectivity index (χ1v) is 10.1. The summed E-state index contributed by atoms with van der Waals surface area (Å²) < 4.78 is 5.33. The van der Waals surface area contributed by atoms with Gasteiger partial charge in [-0.25, -0.2) is 0 Å². The molecule has 3 atom stereocenters. The molecule has 6 nitrogen and oxygen atoms in total. The van der Waals surface area contributed by atoms with Crippen LogP contribution in [-0.2, 0) is 19.7 Å². The van der Waals surface area contributed by atoms with Crippen molar-refractivity contribution in [3.63, 3.8) is 0 Å². The Morgan fingerprint density at radius 1 is 1.07 bits per heavy atom. The highest BCUT2D eigenvalue weighted by Gasteiger charge is 2.37. The molecule has 1 aliphatic rings. The average Bonchev–Trinajstić information content (AvgIpc) is 3.06. The summed E-state index contributed by atoms with van der Waals surface area (Å²) in [5, 5.41) is 5.64. The largest absolute Gasteiger partial charge is 0.368 e. The Labute approximate surface area is 177 Å². The zero-order chi connectivity index (χ0) is 21.7. The molecule has 30 heavy (non-hydrogen) atoms. The van der Waals surface area contributed by atoms with E-state index in [1.807, 2.05) is 50.2 Å². The van der Waals surface area contributed by atoms with Gasteiger partial charge < -0.3 is 15.4 Å². The van der Waals surface area contributed by atoms with Gasteiger partial charge in [-0.2, -0.15) is 0 Å². The van der Waals surface area contributed by atoms with Gasteiger partial charge >= 0.3 is 0 Å². The number of amides is 2. The van der Waals surface area contributed by atoms with Crippen molar-refractivity contribution >= 4 is 17.6 Å². The predicted molar refractivity (Wildman–Crippen MR) is 114 cm³/mol. The lowest BCUT2D eigenvalue weighted by Crippen LogP contribution is -2.54. The Morgan fingerprint density at radius 2 is 1.67 bits per heavy atom. The SMILES string of the molecule is C[C@@H]1OCC(=O)[C@H]1NC(=O)[C@H](CC(C)(C)c1ccccc1)NC(=O)c1ccccc1. The Morgan fingerprint density at radius 3 is 2.23 bits per heavy atom. The van der Waals surface area contributed by atoms with E-state index in [0.717, 1.165) is 5.56 Å². The van der Waals surface area contributed by atoms with Crippen molar-refractivity contribution < 1.29 is 19.1 Å². The summed E-state index contributed by atoms with van der Waals surface area (Å²) in [4.78, 5) is 38.0. The molecule has 2 amide bonds. The predicted octanol–water partition coefficient (Wildman–Crippen LogP) is 2.63. The minimum atomic E-state index is -0.812. The van der Waals surface area contributed by atoms with Gasteiger partial charge in [-0.3, -0.25) is 14.4 Å². The summed E-state index contributed by atoms with van der Waals surface area (Å²) in [6.45, 7) is 5.80. The highest BCUT2D eigenvalue weighted by molar-refractivity contribution is 5.99. The van der Waals surface area contributed by atoms with E-state index in [1.54, 1.807) is 31.2 Å². The zero-order valence-corrected chi connectivity index (χ0v) is 17.6. The van der Waals surface area contributed by atoms with E-state index in [4.69, 9.17) is 4.74 Å². The van der Waals surface area contributed by atoms with Gasteiger partial charge in [0.25, 0.3) is 5.91 Å². The lowest BCUT2D eigenvalue weighted by molar-refractivity contribution is -0.127. The van der Waals surface area contributed by atoms with Crippen molar-refractivity contribution in [1.29, 1.82) is 0 Å². The molecule has 1 heterocycles. The van der Waals surface area contributed by atoms with Gasteiger partial charge in [0.15, 0.2) is 5.78 Å². The molecule has 1 aliphatic heterocycles. The quantitative estimate of drug-likeness (QED) is 0.738. The van der Waals surface area contributed by atoms with Crippen LogP contribution in [0.4, 0.5) is 0 Å². The number of benzene rings is 2. The molecule has 0 bridgehead atoms. The van der Waals surface area contributed by atoms with Crippen LogP contribution < -0.4 is 10.6 Å². The van der Waals surface area contributed by atoms with Crippen molar-refractivity contribution in [3.8, 4) is 0 Å². The standard InChI is InChI=1S/C24H28N2O4/c1-16-21(20(27)15-30-16)26-23(29)19(25-22(28)17-10-6-4-7-11-17)14-24(2,3)18-12-8-5-9-13-18/h4-13,16,19,21H,14-15H2,1-3H3,(H,25,28)(H,26,29)/t16-,19-,21-/m0/s1. The Balaban J connectivity index is 1.81. The third-order valence-corrected chi connectivity index (χ3v) is 5.53. The Hall–Kier alpha value is -2.99. The summed E-state index contributed by atoms with van der Waals surface area (Å²) in [7, 11) is 0. The minimum Gasteiger partial charge on any atom is -0.368 e. The minimum absolute atomic E-state index is 0.0112. The fraction of sp³-hybridized carbons (Fsp3) is 0.375. The number of Topliss-reactive ketones (excluding diaryl/α,β-unsaturated/α-hetero) is 1. The summed E-state index contributed by atoms with van der Waals surface area (Å²) >= 11 is 0. The second kappa shape index (κ2) is 9.22. The Kier molecular flexibility index (Phi) is 6.67. The van der Waals surface area contributed by atoms with E-state index in [1.165, 1.54) is 0 Å². The molecule has 0 aliphatic carbocycles. The molecule has 1 saturated heterocycles. The van der Waals surface area contributed by atoms with Gasteiger partial charge in [0.1, 0.15) is 18.7 Å². The summed E-state index contributed by atoms with van der Waals surface area (Å²) in [5.74, 6) is -0.882. The molecule has 0 radical (unpaired) electrons. The van der Waals surface area contributed by atoms with Crippen molar-refractivity contribution in [2.24, 2.45) is 0 Å². The monoisotopic (exact) mass is 408 g/mol. The second-order valence-corrected chi connectivity index (χ2v) is 8.31. The molecule has 3 rings (SSSR count). The zero-order valence-electron chi connectivity index (χ0n) is 17.6. The molecule has 158 valence electrons. The molecule has 1 fully saturated rings. The van der Waals surface area contributed by atoms with Crippen LogP contribution in [0.15, 0.2) is 60.7 Å². The van der Waals surface area contributed by atoms with E-state index in [2.05, 4.69) is 10.6 Å². The van der Waals surface area contributed by atoms with Gasteiger partial charge in [0, 0.05) is 5.56 Å². The number of ketones is 1. The van der Waals surface area contributed by atoms with Crippen molar-refractivity contribution in [2.75, 3.05) is 6.61 Å². The van der Waals surface area contributed by atoms with Gasteiger partial charge in [0.05, 0.1) is 6.10 Å². The first-order valence-electron chi connectivity index (χ1n) is 10.1. The second-order valence-electron chi connectivity index (χ2n) is 8.31.